The fourth-order valence-electron chi connectivity index (χ4n) is 7.31. The summed E-state index contributed by atoms with van der Waals surface area (Å²) in [6.45, 7) is 4.00. The Morgan fingerprint density at radius 2 is 1.87 bits per heavy atom. The van der Waals surface area contributed by atoms with E-state index in [1.165, 1.54) is 4.31 Å². The standard InChI is InChI=1S/C33H41N7O4S/c1-20-5-4-14-45(42,43)40(20)29-12-9-22-16-27(38(31(22)36-29)18-21-7-8-21)32-35-26-15-23(33(41)37-13-3-6-24(34)19-37)17-28(44-2)30(26)39(32)25-10-11-25/h9,12,15-17,20-21,24-25H,3-8,10-11,13-14,18-19,34H2,1-2H3/t20-,24+/m0/s1. The zero-order valence-electron chi connectivity index (χ0n) is 26.0. The van der Waals surface area contributed by atoms with Gasteiger partial charge in [-0.1, -0.05) is 0 Å². The van der Waals surface area contributed by atoms with Gasteiger partial charge in [0.25, 0.3) is 5.91 Å². The average molecular weight is 632 g/mol. The van der Waals surface area contributed by atoms with E-state index in [0.29, 0.717) is 42.6 Å². The van der Waals surface area contributed by atoms with E-state index in [-0.39, 0.29) is 29.8 Å². The summed E-state index contributed by atoms with van der Waals surface area (Å²) in [6.07, 6.45) is 7.73. The van der Waals surface area contributed by atoms with Crippen molar-refractivity contribution in [1.29, 1.82) is 0 Å². The Morgan fingerprint density at radius 3 is 2.58 bits per heavy atom. The number of amides is 1. The molecule has 2 aliphatic heterocycles. The van der Waals surface area contributed by atoms with Gasteiger partial charge in [-0.3, -0.25) is 9.10 Å². The maximum absolute atomic E-state index is 13.6. The molecule has 2 atom stereocenters. The van der Waals surface area contributed by atoms with Gasteiger partial charge in [-0.15, -0.1) is 0 Å². The Balaban J connectivity index is 1.28. The highest BCUT2D eigenvalue weighted by molar-refractivity contribution is 7.92. The second-order valence-electron chi connectivity index (χ2n) is 13.5. The molecule has 0 radical (unpaired) electrons. The predicted octanol–water partition coefficient (Wildman–Crippen LogP) is 4.69. The first-order valence-electron chi connectivity index (χ1n) is 16.4. The lowest BCUT2D eigenvalue weighted by atomic mass is 10.0. The van der Waals surface area contributed by atoms with Crippen molar-refractivity contribution >= 4 is 43.8 Å². The van der Waals surface area contributed by atoms with Crippen LogP contribution >= 0.6 is 0 Å². The zero-order chi connectivity index (χ0) is 31.0. The van der Waals surface area contributed by atoms with Crippen LogP contribution in [0.4, 0.5) is 5.82 Å². The number of piperidine rings is 1. The number of rotatable bonds is 7. The van der Waals surface area contributed by atoms with Crippen LogP contribution in [0.2, 0.25) is 0 Å². The van der Waals surface area contributed by atoms with Crippen LogP contribution in [0.25, 0.3) is 33.6 Å². The monoisotopic (exact) mass is 631 g/mol. The number of aromatic nitrogens is 4. The first kappa shape index (κ1) is 28.8. The maximum Gasteiger partial charge on any atom is 0.254 e. The number of imidazole rings is 1. The van der Waals surface area contributed by atoms with E-state index in [1.54, 1.807) is 7.11 Å². The van der Waals surface area contributed by atoms with Gasteiger partial charge in [-0.25, -0.2) is 18.4 Å². The van der Waals surface area contributed by atoms with Gasteiger partial charge in [0.15, 0.2) is 5.82 Å². The second-order valence-corrected chi connectivity index (χ2v) is 15.5. The number of hydrogen-bond donors (Lipinski definition) is 1. The lowest BCUT2D eigenvalue weighted by Crippen LogP contribution is -2.45. The van der Waals surface area contributed by atoms with Crippen LogP contribution in [0.15, 0.2) is 30.3 Å². The van der Waals surface area contributed by atoms with Crippen molar-refractivity contribution in [1.82, 2.24) is 24.0 Å². The van der Waals surface area contributed by atoms with Crippen LogP contribution in [0, 0.1) is 5.92 Å². The molecule has 2 aliphatic carbocycles. The minimum atomic E-state index is -3.43. The maximum atomic E-state index is 13.6. The van der Waals surface area contributed by atoms with E-state index in [2.05, 4.69) is 15.2 Å². The van der Waals surface area contributed by atoms with Gasteiger partial charge in [0.2, 0.25) is 10.0 Å². The highest BCUT2D eigenvalue weighted by atomic mass is 32.2. The molecule has 2 saturated carbocycles. The van der Waals surface area contributed by atoms with Crippen molar-refractivity contribution in [3.63, 3.8) is 0 Å². The Labute approximate surface area is 263 Å². The molecule has 2 saturated heterocycles. The number of carbonyl (C=O) groups excluding carboxylic acids is 1. The lowest BCUT2D eigenvalue weighted by molar-refractivity contribution is 0.0708. The number of hydrogen-bond acceptors (Lipinski definition) is 7. The molecule has 8 rings (SSSR count). The van der Waals surface area contributed by atoms with Crippen molar-refractivity contribution in [3.8, 4) is 17.3 Å². The molecule has 45 heavy (non-hydrogen) atoms. The SMILES string of the molecule is COc1cc(C(=O)N2CCC[C@@H](N)C2)cc2nc(-c3cc4ccc(N5[C@@H](C)CCCS5(=O)=O)nc4n3CC3CC3)n(C3CC3)c12. The summed E-state index contributed by atoms with van der Waals surface area (Å²) in [5.41, 5.74) is 10.1. The molecule has 0 bridgehead atoms. The molecule has 4 aliphatic rings. The number of methoxy groups -OCH3 is 1. The molecule has 1 amide bonds. The van der Waals surface area contributed by atoms with Gasteiger partial charge in [0.1, 0.15) is 22.7 Å². The Hall–Kier alpha value is -3.64. The number of carbonyl (C=O) groups is 1. The van der Waals surface area contributed by atoms with Crippen molar-refractivity contribution in [2.45, 2.75) is 83.0 Å². The number of ether oxygens (including phenoxy) is 1. The predicted molar refractivity (Wildman–Crippen MR) is 174 cm³/mol. The third-order valence-electron chi connectivity index (χ3n) is 9.92. The average Bonchev–Trinajstić information content (AvgIpc) is 3.95. The minimum Gasteiger partial charge on any atom is -0.494 e. The molecule has 11 nitrogen and oxygen atoms in total. The summed E-state index contributed by atoms with van der Waals surface area (Å²) in [4.78, 5) is 25.7. The van der Waals surface area contributed by atoms with Gasteiger partial charge in [-0.05, 0) is 94.5 Å². The largest absolute Gasteiger partial charge is 0.494 e. The topological polar surface area (TPSA) is 129 Å². The smallest absolute Gasteiger partial charge is 0.254 e. The lowest BCUT2D eigenvalue weighted by Gasteiger charge is -2.33. The van der Waals surface area contributed by atoms with Gasteiger partial charge in [-0.2, -0.15) is 0 Å². The fourth-order valence-corrected chi connectivity index (χ4v) is 9.08. The number of sulfonamides is 1. The molecule has 0 spiro atoms. The third kappa shape index (κ3) is 5.06. The molecule has 5 heterocycles. The number of nitrogens with zero attached hydrogens (tertiary/aromatic N) is 6. The van der Waals surface area contributed by atoms with Crippen LogP contribution in [0.3, 0.4) is 0 Å². The quantitative estimate of drug-likeness (QED) is 0.313. The molecule has 0 unspecified atom stereocenters. The van der Waals surface area contributed by atoms with E-state index in [4.69, 9.17) is 20.4 Å². The summed E-state index contributed by atoms with van der Waals surface area (Å²) in [6, 6.07) is 9.86. The van der Waals surface area contributed by atoms with E-state index in [1.807, 2.05) is 36.1 Å². The van der Waals surface area contributed by atoms with E-state index in [0.717, 1.165) is 85.1 Å². The molecule has 238 valence electrons. The van der Waals surface area contributed by atoms with Crippen molar-refractivity contribution < 1.29 is 17.9 Å². The first-order valence-corrected chi connectivity index (χ1v) is 18.0. The van der Waals surface area contributed by atoms with E-state index in [9.17, 15) is 13.2 Å². The zero-order valence-corrected chi connectivity index (χ0v) is 26.8. The van der Waals surface area contributed by atoms with Crippen molar-refractivity contribution in [3.05, 3.63) is 35.9 Å². The van der Waals surface area contributed by atoms with E-state index >= 15 is 0 Å². The van der Waals surface area contributed by atoms with Gasteiger partial charge < -0.3 is 24.5 Å². The summed E-state index contributed by atoms with van der Waals surface area (Å²) < 4.78 is 38.2. The second kappa shape index (κ2) is 10.7. The Bertz CT molecular complexity index is 1920. The molecular weight excluding hydrogens is 590 g/mol. The van der Waals surface area contributed by atoms with Crippen molar-refractivity contribution in [2.75, 3.05) is 30.3 Å². The van der Waals surface area contributed by atoms with E-state index < -0.39 is 10.0 Å². The van der Waals surface area contributed by atoms with Crippen LogP contribution < -0.4 is 14.8 Å². The summed E-state index contributed by atoms with van der Waals surface area (Å²) in [5, 5.41) is 0.954. The molecular formula is C33H41N7O4S. The number of anilines is 1. The molecule has 1 aromatic carbocycles. The van der Waals surface area contributed by atoms with Crippen LogP contribution in [0.1, 0.15) is 74.7 Å². The Morgan fingerprint density at radius 1 is 1.04 bits per heavy atom. The molecule has 4 aromatic rings. The van der Waals surface area contributed by atoms with Gasteiger partial charge >= 0.3 is 0 Å². The summed E-state index contributed by atoms with van der Waals surface area (Å²) >= 11 is 0. The minimum absolute atomic E-state index is 0.00486. The number of benzene rings is 1. The van der Waals surface area contributed by atoms with Crippen molar-refractivity contribution in [2.24, 2.45) is 11.7 Å². The van der Waals surface area contributed by atoms with Gasteiger partial charge in [0.05, 0.1) is 24.1 Å². The number of fused-ring (bicyclic) bond motifs is 2. The first-order chi connectivity index (χ1) is 21.7. The van der Waals surface area contributed by atoms with Crippen LogP contribution in [-0.2, 0) is 16.6 Å². The summed E-state index contributed by atoms with van der Waals surface area (Å²) in [7, 11) is -1.78. The molecule has 12 heteroatoms. The number of likely N-dealkylation sites (tertiary alicyclic amines) is 1. The number of nitrogens with two attached hydrogens (primary N) is 1. The number of pyridine rings is 1. The Kier molecular flexibility index (Phi) is 6.86. The normalized spacial score (nSPS) is 23.6. The van der Waals surface area contributed by atoms with Crippen LogP contribution in [0.5, 0.6) is 5.75 Å². The van der Waals surface area contributed by atoms with Gasteiger partial charge in [0, 0.05) is 48.7 Å². The molecule has 2 N–H and O–H groups in total. The van der Waals surface area contributed by atoms with Crippen LogP contribution in [-0.4, -0.2) is 76.4 Å². The fraction of sp³-hybridized carbons (Fsp3) is 0.545. The molecule has 3 aromatic heterocycles. The molecule has 4 fully saturated rings. The summed E-state index contributed by atoms with van der Waals surface area (Å²) in [5.74, 6) is 2.60. The highest BCUT2D eigenvalue weighted by Gasteiger charge is 2.36. The third-order valence-corrected chi connectivity index (χ3v) is 11.9. The highest BCUT2D eigenvalue weighted by Crippen LogP contribution is 2.45.